The van der Waals surface area contributed by atoms with E-state index in [4.69, 9.17) is 0 Å². The van der Waals surface area contributed by atoms with Crippen LogP contribution in [0.2, 0.25) is 0 Å². The van der Waals surface area contributed by atoms with Crippen molar-refractivity contribution in [3.05, 3.63) is 11.5 Å². The molecule has 0 aliphatic rings. The first-order valence-corrected chi connectivity index (χ1v) is 6.23. The molecule has 0 bridgehead atoms. The van der Waals surface area contributed by atoms with E-state index in [0.29, 0.717) is 6.54 Å². The first kappa shape index (κ1) is 12.7. The predicted octanol–water partition coefficient (Wildman–Crippen LogP) is 1.28. The summed E-state index contributed by atoms with van der Waals surface area (Å²) >= 11 is 0. The molecule has 0 aliphatic heterocycles. The number of likely N-dealkylation sites (N-methyl/N-ethyl adjacent to an activating group) is 1. The molecule has 0 rings (SSSR count). The second-order valence-electron chi connectivity index (χ2n) is 3.35. The number of rotatable bonds is 6. The topological polar surface area (TPSA) is 37.4 Å². The van der Waals surface area contributed by atoms with Crippen LogP contribution in [0.5, 0.6) is 0 Å². The molecule has 3 nitrogen and oxygen atoms in total. The summed E-state index contributed by atoms with van der Waals surface area (Å²) in [6, 6.07) is 0. The zero-order valence-corrected chi connectivity index (χ0v) is 9.47. The van der Waals surface area contributed by atoms with Crippen molar-refractivity contribution in [1.29, 1.82) is 0 Å². The second-order valence-corrected chi connectivity index (χ2v) is 5.36. The second kappa shape index (κ2) is 6.16. The van der Waals surface area contributed by atoms with Crippen molar-refractivity contribution >= 4 is 9.84 Å². The van der Waals surface area contributed by atoms with Crippen molar-refractivity contribution in [3.8, 4) is 0 Å². The molecule has 0 saturated carbocycles. The lowest BCUT2D eigenvalue weighted by Crippen LogP contribution is -2.11. The number of hydrogen-bond donors (Lipinski definition) is 0. The minimum Gasteiger partial charge on any atom is -0.306 e. The van der Waals surface area contributed by atoms with Crippen LogP contribution in [0.3, 0.4) is 0 Å². The highest BCUT2D eigenvalue weighted by molar-refractivity contribution is 7.94. The van der Waals surface area contributed by atoms with Gasteiger partial charge in [-0.1, -0.05) is 19.4 Å². The third-order valence-electron chi connectivity index (χ3n) is 1.56. The van der Waals surface area contributed by atoms with Crippen molar-refractivity contribution in [2.75, 3.05) is 26.4 Å². The molecule has 0 aromatic carbocycles. The van der Waals surface area contributed by atoms with Crippen molar-refractivity contribution in [3.63, 3.8) is 0 Å². The summed E-state index contributed by atoms with van der Waals surface area (Å²) in [6.45, 7) is 2.66. The molecule has 0 aromatic heterocycles. The molecule has 0 N–H and O–H groups in total. The van der Waals surface area contributed by atoms with Crippen LogP contribution in [0.25, 0.3) is 0 Å². The fourth-order valence-corrected chi connectivity index (χ4v) is 2.02. The number of hydrogen-bond acceptors (Lipinski definition) is 3. The van der Waals surface area contributed by atoms with Crippen LogP contribution >= 0.6 is 0 Å². The summed E-state index contributed by atoms with van der Waals surface area (Å²) in [6.07, 6.45) is 3.35. The standard InChI is InChI=1S/C9H19NO2S/c1-4-5-8-13(11,12)9-6-7-10(2)3/h6,9H,4-5,7-8H2,1-3H3. The van der Waals surface area contributed by atoms with Gasteiger partial charge in [-0.05, 0) is 20.5 Å². The predicted molar refractivity (Wildman–Crippen MR) is 56.4 cm³/mol. The van der Waals surface area contributed by atoms with Gasteiger partial charge in [-0.2, -0.15) is 0 Å². The first-order valence-electron chi connectivity index (χ1n) is 4.52. The van der Waals surface area contributed by atoms with Crippen LogP contribution in [0, 0.1) is 0 Å². The van der Waals surface area contributed by atoms with E-state index in [1.807, 2.05) is 25.9 Å². The quantitative estimate of drug-likeness (QED) is 0.655. The van der Waals surface area contributed by atoms with Gasteiger partial charge in [-0.15, -0.1) is 0 Å². The number of sulfone groups is 1. The van der Waals surface area contributed by atoms with Gasteiger partial charge in [0.2, 0.25) is 0 Å². The Bertz CT molecular complexity index is 242. The van der Waals surface area contributed by atoms with Gasteiger partial charge in [0.25, 0.3) is 0 Å². The molecule has 13 heavy (non-hydrogen) atoms. The molecule has 0 fully saturated rings. The molecule has 0 aromatic rings. The highest BCUT2D eigenvalue weighted by atomic mass is 32.2. The SMILES string of the molecule is CCCCS(=O)(=O)C=CCN(C)C. The summed E-state index contributed by atoms with van der Waals surface area (Å²) in [7, 11) is 0.865. The average Bonchev–Trinajstić information content (AvgIpc) is 2.00. The van der Waals surface area contributed by atoms with E-state index in [1.165, 1.54) is 5.41 Å². The summed E-state index contributed by atoms with van der Waals surface area (Å²) in [5.41, 5.74) is 0. The summed E-state index contributed by atoms with van der Waals surface area (Å²) in [5.74, 6) is 0.271. The van der Waals surface area contributed by atoms with E-state index in [1.54, 1.807) is 6.08 Å². The third-order valence-corrected chi connectivity index (χ3v) is 3.02. The zero-order valence-electron chi connectivity index (χ0n) is 8.66. The maximum Gasteiger partial charge on any atom is 0.171 e. The molecule has 0 amide bonds. The van der Waals surface area contributed by atoms with Gasteiger partial charge in [0.15, 0.2) is 9.84 Å². The Labute approximate surface area is 81.4 Å². The summed E-state index contributed by atoms with van der Waals surface area (Å²) in [5, 5.41) is 1.32. The van der Waals surface area contributed by atoms with Crippen LogP contribution in [-0.2, 0) is 9.84 Å². The van der Waals surface area contributed by atoms with Crippen LogP contribution in [0.1, 0.15) is 19.8 Å². The van der Waals surface area contributed by atoms with E-state index < -0.39 is 9.84 Å². The van der Waals surface area contributed by atoms with Gasteiger partial charge < -0.3 is 4.90 Å². The molecule has 0 unspecified atom stereocenters. The smallest absolute Gasteiger partial charge is 0.171 e. The normalized spacial score (nSPS) is 12.9. The summed E-state index contributed by atoms with van der Waals surface area (Å²) < 4.78 is 22.5. The van der Waals surface area contributed by atoms with Crippen LogP contribution in [-0.4, -0.2) is 39.7 Å². The largest absolute Gasteiger partial charge is 0.306 e. The van der Waals surface area contributed by atoms with E-state index in [2.05, 4.69) is 0 Å². The molecule has 0 saturated heterocycles. The molecule has 0 radical (unpaired) electrons. The molecule has 0 spiro atoms. The van der Waals surface area contributed by atoms with Gasteiger partial charge >= 0.3 is 0 Å². The molecule has 0 atom stereocenters. The van der Waals surface area contributed by atoms with Crippen molar-refractivity contribution in [2.24, 2.45) is 0 Å². The maximum atomic E-state index is 11.3. The molecule has 0 heterocycles. The Hall–Kier alpha value is -0.350. The van der Waals surface area contributed by atoms with Gasteiger partial charge in [0, 0.05) is 12.0 Å². The van der Waals surface area contributed by atoms with Crippen molar-refractivity contribution in [1.82, 2.24) is 4.90 Å². The summed E-state index contributed by atoms with van der Waals surface area (Å²) in [4.78, 5) is 1.92. The van der Waals surface area contributed by atoms with Gasteiger partial charge in [-0.3, -0.25) is 0 Å². The lowest BCUT2D eigenvalue weighted by atomic mass is 10.4. The van der Waals surface area contributed by atoms with Crippen LogP contribution < -0.4 is 0 Å². The lowest BCUT2D eigenvalue weighted by Gasteiger charge is -2.03. The van der Waals surface area contributed by atoms with E-state index in [-0.39, 0.29) is 5.75 Å². The fraction of sp³-hybridized carbons (Fsp3) is 0.778. The highest BCUT2D eigenvalue weighted by Gasteiger charge is 2.03. The van der Waals surface area contributed by atoms with Gasteiger partial charge in [-0.25, -0.2) is 8.42 Å². The van der Waals surface area contributed by atoms with E-state index in [0.717, 1.165) is 12.8 Å². The first-order chi connectivity index (χ1) is 5.98. The molecule has 4 heteroatoms. The molecule has 78 valence electrons. The minimum atomic E-state index is -2.95. The van der Waals surface area contributed by atoms with Gasteiger partial charge in [0.1, 0.15) is 0 Å². The highest BCUT2D eigenvalue weighted by Crippen LogP contribution is 1.98. The van der Waals surface area contributed by atoms with Crippen LogP contribution in [0.4, 0.5) is 0 Å². The third kappa shape index (κ3) is 7.99. The fourth-order valence-electron chi connectivity index (χ4n) is 0.814. The zero-order chi connectivity index (χ0) is 10.3. The number of nitrogens with zero attached hydrogens (tertiary/aromatic N) is 1. The molecular formula is C9H19NO2S. The molecular weight excluding hydrogens is 186 g/mol. The maximum absolute atomic E-state index is 11.3. The van der Waals surface area contributed by atoms with Crippen molar-refractivity contribution < 1.29 is 8.42 Å². The van der Waals surface area contributed by atoms with Gasteiger partial charge in [0.05, 0.1) is 5.75 Å². The van der Waals surface area contributed by atoms with E-state index in [9.17, 15) is 8.42 Å². The van der Waals surface area contributed by atoms with Crippen LogP contribution in [0.15, 0.2) is 11.5 Å². The molecule has 0 aliphatic carbocycles. The average molecular weight is 205 g/mol. The van der Waals surface area contributed by atoms with E-state index >= 15 is 0 Å². The Morgan fingerprint density at radius 2 is 1.92 bits per heavy atom. The van der Waals surface area contributed by atoms with Crippen molar-refractivity contribution in [2.45, 2.75) is 19.8 Å². The Kier molecular flexibility index (Phi) is 5.99. The monoisotopic (exact) mass is 205 g/mol. The Balaban J connectivity index is 3.95. The Morgan fingerprint density at radius 3 is 2.38 bits per heavy atom. The number of unbranched alkanes of at least 4 members (excludes halogenated alkanes) is 1. The Morgan fingerprint density at radius 1 is 1.31 bits per heavy atom. The lowest BCUT2D eigenvalue weighted by molar-refractivity contribution is 0.456. The minimum absolute atomic E-state index is 0.271.